The zero-order valence-electron chi connectivity index (χ0n) is 12.1. The maximum absolute atomic E-state index is 13.1. The van der Waals surface area contributed by atoms with Gasteiger partial charge >= 0.3 is 0 Å². The van der Waals surface area contributed by atoms with Gasteiger partial charge < -0.3 is 5.32 Å². The molecule has 0 atom stereocenters. The lowest BCUT2D eigenvalue weighted by atomic mass is 9.81. The second kappa shape index (κ2) is 5.61. The maximum atomic E-state index is 13.1. The quantitative estimate of drug-likeness (QED) is 0.867. The van der Waals surface area contributed by atoms with E-state index in [4.69, 9.17) is 0 Å². The summed E-state index contributed by atoms with van der Waals surface area (Å²) in [6, 6.07) is 4.27. The van der Waals surface area contributed by atoms with Crippen molar-refractivity contribution in [2.45, 2.75) is 46.6 Å². The van der Waals surface area contributed by atoms with Gasteiger partial charge in [-0.15, -0.1) is 0 Å². The van der Waals surface area contributed by atoms with Crippen LogP contribution in [0.1, 0.15) is 51.4 Å². The highest BCUT2D eigenvalue weighted by Gasteiger charge is 2.27. The molecule has 0 spiro atoms. The number of halogens is 2. The minimum absolute atomic E-state index is 0.125. The van der Waals surface area contributed by atoms with Crippen LogP contribution in [0, 0.1) is 11.2 Å². The Kier molecular flexibility index (Phi) is 4.77. The van der Waals surface area contributed by atoms with Crippen molar-refractivity contribution in [3.05, 3.63) is 34.1 Å². The lowest BCUT2D eigenvalue weighted by Crippen LogP contribution is -2.45. The van der Waals surface area contributed by atoms with Crippen molar-refractivity contribution in [3.63, 3.8) is 0 Å². The second-order valence-corrected chi connectivity index (χ2v) is 7.56. The van der Waals surface area contributed by atoms with Gasteiger partial charge in [-0.05, 0) is 59.8 Å². The molecule has 19 heavy (non-hydrogen) atoms. The van der Waals surface area contributed by atoms with E-state index in [0.717, 1.165) is 6.42 Å². The molecule has 4 heteroatoms. The van der Waals surface area contributed by atoms with Crippen LogP contribution in [0.5, 0.6) is 0 Å². The van der Waals surface area contributed by atoms with E-state index in [2.05, 4.69) is 42.0 Å². The summed E-state index contributed by atoms with van der Waals surface area (Å²) in [7, 11) is 0. The average molecular weight is 330 g/mol. The number of nitrogens with one attached hydrogen (secondary N) is 1. The first-order valence-electron chi connectivity index (χ1n) is 6.28. The van der Waals surface area contributed by atoms with E-state index in [1.165, 1.54) is 18.2 Å². The number of carbonyl (C=O) groups excluding carboxylic acids is 1. The molecule has 0 saturated heterocycles. The van der Waals surface area contributed by atoms with E-state index >= 15 is 0 Å². The summed E-state index contributed by atoms with van der Waals surface area (Å²) in [6.07, 6.45) is 0.855. The van der Waals surface area contributed by atoms with Gasteiger partial charge in [-0.2, -0.15) is 0 Å². The zero-order valence-corrected chi connectivity index (χ0v) is 13.7. The van der Waals surface area contributed by atoms with Crippen molar-refractivity contribution in [1.82, 2.24) is 5.32 Å². The van der Waals surface area contributed by atoms with Gasteiger partial charge in [0.15, 0.2) is 0 Å². The zero-order chi connectivity index (χ0) is 14.8. The lowest BCUT2D eigenvalue weighted by Gasteiger charge is -2.33. The number of benzene rings is 1. The highest BCUT2D eigenvalue weighted by Crippen LogP contribution is 2.27. The summed E-state index contributed by atoms with van der Waals surface area (Å²) >= 11 is 3.09. The van der Waals surface area contributed by atoms with Crippen LogP contribution < -0.4 is 5.32 Å². The van der Waals surface area contributed by atoms with E-state index in [0.29, 0.717) is 10.0 Å². The van der Waals surface area contributed by atoms with Crippen molar-refractivity contribution in [3.8, 4) is 0 Å². The molecule has 106 valence electrons. The van der Waals surface area contributed by atoms with E-state index < -0.39 is 0 Å². The van der Waals surface area contributed by atoms with Crippen LogP contribution in [0.25, 0.3) is 0 Å². The maximum Gasteiger partial charge on any atom is 0.251 e. The van der Waals surface area contributed by atoms with E-state index in [1.807, 2.05) is 13.8 Å². The third-order valence-electron chi connectivity index (χ3n) is 2.61. The summed E-state index contributed by atoms with van der Waals surface area (Å²) in [4.78, 5) is 12.2. The number of hydrogen-bond donors (Lipinski definition) is 1. The molecule has 1 rings (SSSR count). The normalized spacial score (nSPS) is 12.4. The Hall–Kier alpha value is -0.900. The molecule has 1 amide bonds. The smallest absolute Gasteiger partial charge is 0.251 e. The predicted octanol–water partition coefficient (Wildman–Crippen LogP) is 4.53. The monoisotopic (exact) mass is 329 g/mol. The average Bonchev–Trinajstić information content (AvgIpc) is 2.17. The first-order valence-corrected chi connectivity index (χ1v) is 7.07. The van der Waals surface area contributed by atoms with Gasteiger partial charge in [-0.1, -0.05) is 20.8 Å². The van der Waals surface area contributed by atoms with Crippen LogP contribution in [-0.4, -0.2) is 11.4 Å². The standard InChI is InChI=1S/C15H21BrFNO/c1-14(2,3)9-15(4,5)18-13(19)10-6-7-12(17)11(16)8-10/h6-8H,9H2,1-5H3,(H,18,19). The van der Waals surface area contributed by atoms with E-state index in [-0.39, 0.29) is 22.7 Å². The largest absolute Gasteiger partial charge is 0.347 e. The van der Waals surface area contributed by atoms with Crippen molar-refractivity contribution < 1.29 is 9.18 Å². The minimum Gasteiger partial charge on any atom is -0.347 e. The topological polar surface area (TPSA) is 29.1 Å². The SMILES string of the molecule is CC(C)(C)CC(C)(C)NC(=O)c1ccc(F)c(Br)c1. The molecule has 0 fully saturated rings. The van der Waals surface area contributed by atoms with Gasteiger partial charge in [0.1, 0.15) is 5.82 Å². The van der Waals surface area contributed by atoms with Crippen molar-refractivity contribution in [1.29, 1.82) is 0 Å². The predicted molar refractivity (Wildman–Crippen MR) is 79.7 cm³/mol. The van der Waals surface area contributed by atoms with Crippen LogP contribution in [0.3, 0.4) is 0 Å². The molecule has 0 bridgehead atoms. The molecule has 1 aromatic rings. The molecule has 0 aliphatic carbocycles. The molecule has 0 aromatic heterocycles. The Morgan fingerprint density at radius 1 is 1.26 bits per heavy atom. The first kappa shape index (κ1) is 16.2. The van der Waals surface area contributed by atoms with Crippen LogP contribution >= 0.6 is 15.9 Å². The van der Waals surface area contributed by atoms with Crippen LogP contribution in [0.4, 0.5) is 4.39 Å². The molecule has 1 N–H and O–H groups in total. The van der Waals surface area contributed by atoms with E-state index in [1.54, 1.807) is 0 Å². The fourth-order valence-corrected chi connectivity index (χ4v) is 2.77. The summed E-state index contributed by atoms with van der Waals surface area (Å²) in [5, 5.41) is 2.99. The molecule has 0 heterocycles. The third kappa shape index (κ3) is 5.31. The minimum atomic E-state index is -0.370. The van der Waals surface area contributed by atoms with Crippen LogP contribution in [-0.2, 0) is 0 Å². The van der Waals surface area contributed by atoms with Crippen molar-refractivity contribution in [2.75, 3.05) is 0 Å². The Bertz CT molecular complexity index is 478. The van der Waals surface area contributed by atoms with Crippen LogP contribution in [0.15, 0.2) is 22.7 Å². The Morgan fingerprint density at radius 2 is 1.84 bits per heavy atom. The molecule has 0 saturated carbocycles. The molecular formula is C15H21BrFNO. The molecular weight excluding hydrogens is 309 g/mol. The van der Waals surface area contributed by atoms with Gasteiger partial charge in [-0.3, -0.25) is 4.79 Å². The van der Waals surface area contributed by atoms with Crippen molar-refractivity contribution in [2.24, 2.45) is 5.41 Å². The summed E-state index contributed by atoms with van der Waals surface area (Å²) in [5.41, 5.74) is 0.270. The summed E-state index contributed by atoms with van der Waals surface area (Å²) in [5.74, 6) is -0.555. The number of hydrogen-bond acceptors (Lipinski definition) is 1. The Morgan fingerprint density at radius 3 is 2.32 bits per heavy atom. The second-order valence-electron chi connectivity index (χ2n) is 6.70. The third-order valence-corrected chi connectivity index (χ3v) is 3.21. The highest BCUT2D eigenvalue weighted by atomic mass is 79.9. The molecule has 0 unspecified atom stereocenters. The molecule has 0 aliphatic rings. The van der Waals surface area contributed by atoms with Gasteiger partial charge in [-0.25, -0.2) is 4.39 Å². The van der Waals surface area contributed by atoms with E-state index in [9.17, 15) is 9.18 Å². The first-order chi connectivity index (χ1) is 8.50. The molecule has 2 nitrogen and oxygen atoms in total. The summed E-state index contributed by atoms with van der Waals surface area (Å²) < 4.78 is 13.4. The molecule has 1 aromatic carbocycles. The van der Waals surface area contributed by atoms with Gasteiger partial charge in [0.05, 0.1) is 4.47 Å². The van der Waals surface area contributed by atoms with Crippen molar-refractivity contribution >= 4 is 21.8 Å². The molecule has 0 radical (unpaired) electrons. The number of rotatable bonds is 3. The number of amides is 1. The summed E-state index contributed by atoms with van der Waals surface area (Å²) in [6.45, 7) is 10.4. The van der Waals surface area contributed by atoms with Gasteiger partial charge in [0, 0.05) is 11.1 Å². The van der Waals surface area contributed by atoms with Gasteiger partial charge in [0.2, 0.25) is 0 Å². The number of carbonyl (C=O) groups is 1. The Balaban J connectivity index is 2.81. The molecule has 0 aliphatic heterocycles. The fraction of sp³-hybridized carbons (Fsp3) is 0.533. The van der Waals surface area contributed by atoms with Gasteiger partial charge in [0.25, 0.3) is 5.91 Å². The lowest BCUT2D eigenvalue weighted by molar-refractivity contribution is 0.0891. The van der Waals surface area contributed by atoms with Crippen LogP contribution in [0.2, 0.25) is 0 Å². The highest BCUT2D eigenvalue weighted by molar-refractivity contribution is 9.10. The Labute approximate surface area is 122 Å². The fourth-order valence-electron chi connectivity index (χ4n) is 2.39.